The smallest absolute Gasteiger partial charge is 0.253 e. The van der Waals surface area contributed by atoms with E-state index in [0.29, 0.717) is 17.8 Å². The number of anilines is 2. The van der Waals surface area contributed by atoms with Gasteiger partial charge in [-0.2, -0.15) is 0 Å². The third-order valence-electron chi connectivity index (χ3n) is 3.75. The number of hydrogen-bond acceptors (Lipinski definition) is 4. The first-order chi connectivity index (χ1) is 11.6. The Morgan fingerprint density at radius 3 is 2.79 bits per heavy atom. The number of nitrogens with one attached hydrogen (secondary N) is 2. The molecule has 1 unspecified atom stereocenters. The Balaban J connectivity index is 1.68. The maximum atomic E-state index is 13.7. The minimum absolute atomic E-state index is 0.0377. The minimum Gasteiger partial charge on any atom is -0.376 e. The average molecular weight is 333 g/mol. The van der Waals surface area contributed by atoms with E-state index in [0.717, 1.165) is 31.6 Å². The average Bonchev–Trinajstić information content (AvgIpc) is 3.10. The zero-order chi connectivity index (χ0) is 16.9. The minimum atomic E-state index is -0.719. The number of para-hydroxylation sites is 1. The number of halogens is 2. The Bertz CT molecular complexity index is 713. The zero-order valence-electron chi connectivity index (χ0n) is 12.9. The molecule has 2 N–H and O–H groups in total. The first kappa shape index (κ1) is 16.3. The summed E-state index contributed by atoms with van der Waals surface area (Å²) in [5.74, 6) is -1.75. The summed E-state index contributed by atoms with van der Waals surface area (Å²) in [6.45, 7) is 1.15. The van der Waals surface area contributed by atoms with Crippen LogP contribution in [0.2, 0.25) is 0 Å². The van der Waals surface area contributed by atoms with Crippen molar-refractivity contribution in [3.8, 4) is 0 Å². The summed E-state index contributed by atoms with van der Waals surface area (Å²) in [6, 6.07) is 5.07. The lowest BCUT2D eigenvalue weighted by Gasteiger charge is -2.12. The van der Waals surface area contributed by atoms with Gasteiger partial charge in [0.05, 0.1) is 23.6 Å². The van der Waals surface area contributed by atoms with Gasteiger partial charge in [-0.05, 0) is 31.0 Å². The summed E-state index contributed by atoms with van der Waals surface area (Å²) in [5.41, 5.74) is 0.342. The van der Waals surface area contributed by atoms with Crippen molar-refractivity contribution in [3.63, 3.8) is 0 Å². The van der Waals surface area contributed by atoms with Crippen LogP contribution in [-0.2, 0) is 4.74 Å². The van der Waals surface area contributed by atoms with Gasteiger partial charge in [-0.25, -0.2) is 8.78 Å². The number of carbonyl (C=O) groups is 1. The molecule has 24 heavy (non-hydrogen) atoms. The molecule has 1 aromatic carbocycles. The number of pyridine rings is 1. The topological polar surface area (TPSA) is 63.2 Å². The predicted octanol–water partition coefficient (Wildman–Crippen LogP) is 3.01. The Morgan fingerprint density at radius 1 is 1.29 bits per heavy atom. The van der Waals surface area contributed by atoms with Crippen LogP contribution in [0.5, 0.6) is 0 Å². The van der Waals surface area contributed by atoms with E-state index in [1.807, 2.05) is 0 Å². The van der Waals surface area contributed by atoms with E-state index in [-0.39, 0.29) is 17.7 Å². The molecule has 0 bridgehead atoms. The summed E-state index contributed by atoms with van der Waals surface area (Å²) in [5, 5.41) is 5.39. The van der Waals surface area contributed by atoms with Gasteiger partial charge >= 0.3 is 0 Å². The van der Waals surface area contributed by atoms with Crippen molar-refractivity contribution in [3.05, 3.63) is 53.9 Å². The molecule has 126 valence electrons. The summed E-state index contributed by atoms with van der Waals surface area (Å²) in [4.78, 5) is 16.1. The van der Waals surface area contributed by atoms with Crippen LogP contribution in [0.3, 0.4) is 0 Å². The third kappa shape index (κ3) is 3.86. The summed E-state index contributed by atoms with van der Waals surface area (Å²) < 4.78 is 32.8. The van der Waals surface area contributed by atoms with E-state index in [1.54, 1.807) is 0 Å². The fraction of sp³-hybridized carbons (Fsp3) is 0.294. The zero-order valence-corrected chi connectivity index (χ0v) is 12.9. The number of hydrogen-bond donors (Lipinski definition) is 2. The second-order valence-corrected chi connectivity index (χ2v) is 5.53. The molecule has 1 saturated heterocycles. The molecule has 1 fully saturated rings. The molecule has 0 aliphatic carbocycles. The largest absolute Gasteiger partial charge is 0.376 e. The highest BCUT2D eigenvalue weighted by Crippen LogP contribution is 2.23. The van der Waals surface area contributed by atoms with Crippen molar-refractivity contribution >= 4 is 17.3 Å². The number of rotatable bonds is 5. The van der Waals surface area contributed by atoms with Gasteiger partial charge < -0.3 is 15.4 Å². The maximum Gasteiger partial charge on any atom is 0.253 e. The molecule has 0 saturated carbocycles. The van der Waals surface area contributed by atoms with Crippen LogP contribution in [0, 0.1) is 11.6 Å². The monoisotopic (exact) mass is 333 g/mol. The maximum absolute atomic E-state index is 13.7. The van der Waals surface area contributed by atoms with Gasteiger partial charge in [0.15, 0.2) is 0 Å². The summed E-state index contributed by atoms with van der Waals surface area (Å²) in [6.07, 6.45) is 4.74. The van der Waals surface area contributed by atoms with Crippen molar-refractivity contribution in [2.24, 2.45) is 0 Å². The van der Waals surface area contributed by atoms with Crippen molar-refractivity contribution in [1.29, 1.82) is 0 Å². The van der Waals surface area contributed by atoms with Crippen LogP contribution in [0.4, 0.5) is 20.2 Å². The molecule has 1 amide bonds. The van der Waals surface area contributed by atoms with E-state index >= 15 is 0 Å². The van der Waals surface area contributed by atoms with Gasteiger partial charge in [0.1, 0.15) is 17.3 Å². The number of aromatic nitrogens is 1. The summed E-state index contributed by atoms with van der Waals surface area (Å²) in [7, 11) is 0. The van der Waals surface area contributed by atoms with Gasteiger partial charge in [-0.1, -0.05) is 6.07 Å². The number of ether oxygens (including phenoxy) is 1. The Hall–Kier alpha value is -2.54. The number of nitrogens with zero attached hydrogens (tertiary/aromatic N) is 1. The van der Waals surface area contributed by atoms with Gasteiger partial charge in [0.2, 0.25) is 0 Å². The van der Waals surface area contributed by atoms with Crippen molar-refractivity contribution < 1.29 is 18.3 Å². The fourth-order valence-electron chi connectivity index (χ4n) is 2.51. The lowest BCUT2D eigenvalue weighted by atomic mass is 10.2. The third-order valence-corrected chi connectivity index (χ3v) is 3.75. The van der Waals surface area contributed by atoms with Crippen molar-refractivity contribution in [2.75, 3.05) is 18.5 Å². The summed E-state index contributed by atoms with van der Waals surface area (Å²) >= 11 is 0. The van der Waals surface area contributed by atoms with E-state index in [1.165, 1.54) is 24.5 Å². The highest BCUT2D eigenvalue weighted by molar-refractivity contribution is 5.94. The normalized spacial score (nSPS) is 16.8. The molecule has 1 aliphatic heterocycles. The molecule has 5 nitrogen and oxygen atoms in total. The van der Waals surface area contributed by atoms with Gasteiger partial charge in [0.25, 0.3) is 5.91 Å². The lowest BCUT2D eigenvalue weighted by molar-refractivity contribution is 0.0857. The van der Waals surface area contributed by atoms with Crippen molar-refractivity contribution in [2.45, 2.75) is 18.9 Å². The Kier molecular flexibility index (Phi) is 5.00. The molecule has 2 heterocycles. The van der Waals surface area contributed by atoms with Crippen LogP contribution in [-0.4, -0.2) is 30.1 Å². The van der Waals surface area contributed by atoms with Gasteiger partial charge in [0, 0.05) is 19.3 Å². The van der Waals surface area contributed by atoms with Crippen LogP contribution < -0.4 is 10.6 Å². The molecule has 1 atom stereocenters. The highest BCUT2D eigenvalue weighted by Gasteiger charge is 2.17. The van der Waals surface area contributed by atoms with Crippen LogP contribution in [0.1, 0.15) is 23.2 Å². The van der Waals surface area contributed by atoms with Gasteiger partial charge in [-0.15, -0.1) is 0 Å². The van der Waals surface area contributed by atoms with Crippen LogP contribution in [0.15, 0.2) is 36.7 Å². The highest BCUT2D eigenvalue weighted by atomic mass is 19.1. The van der Waals surface area contributed by atoms with E-state index in [4.69, 9.17) is 4.74 Å². The molecular weight excluding hydrogens is 316 g/mol. The second-order valence-electron chi connectivity index (χ2n) is 5.53. The second kappa shape index (κ2) is 7.35. The number of amides is 1. The quantitative estimate of drug-likeness (QED) is 0.883. The Labute approximate surface area is 138 Å². The first-order valence-electron chi connectivity index (χ1n) is 7.69. The lowest BCUT2D eigenvalue weighted by Crippen LogP contribution is -2.31. The molecule has 0 spiro atoms. The van der Waals surface area contributed by atoms with E-state index in [9.17, 15) is 13.6 Å². The predicted molar refractivity (Wildman–Crippen MR) is 85.2 cm³/mol. The number of benzene rings is 1. The molecule has 0 radical (unpaired) electrons. The van der Waals surface area contributed by atoms with Crippen LogP contribution >= 0.6 is 0 Å². The Morgan fingerprint density at radius 2 is 2.08 bits per heavy atom. The van der Waals surface area contributed by atoms with E-state index in [2.05, 4.69) is 15.6 Å². The van der Waals surface area contributed by atoms with Gasteiger partial charge in [-0.3, -0.25) is 9.78 Å². The molecule has 7 heteroatoms. The first-order valence-corrected chi connectivity index (χ1v) is 7.69. The number of carbonyl (C=O) groups excluding carboxylic acids is 1. The van der Waals surface area contributed by atoms with E-state index < -0.39 is 11.6 Å². The molecule has 2 aromatic rings. The molecule has 1 aliphatic rings. The SMILES string of the molecule is O=C(NCC1CCCO1)c1cncc(Nc2c(F)cccc2F)c1. The molecular formula is C17H17F2N3O2. The standard InChI is InChI=1S/C17H17F2N3O2/c18-14-4-1-5-15(19)16(14)22-12-7-11(8-20-9-12)17(23)21-10-13-3-2-6-24-13/h1,4-5,7-9,13,22H,2-3,6,10H2,(H,21,23). The fourth-order valence-corrected chi connectivity index (χ4v) is 2.51. The molecule has 1 aromatic heterocycles. The van der Waals surface area contributed by atoms with Crippen LogP contribution in [0.25, 0.3) is 0 Å². The van der Waals surface area contributed by atoms with Crippen molar-refractivity contribution in [1.82, 2.24) is 10.3 Å². The molecule has 3 rings (SSSR count).